The van der Waals surface area contributed by atoms with Crippen molar-refractivity contribution in [1.29, 1.82) is 5.26 Å². The molecule has 0 saturated carbocycles. The molecule has 0 atom stereocenters. The molecule has 122 valence electrons. The molecule has 0 spiro atoms. The Labute approximate surface area is 141 Å². The van der Waals surface area contributed by atoms with Gasteiger partial charge in [0.15, 0.2) is 5.69 Å². The Hall–Kier alpha value is -2.94. The van der Waals surface area contributed by atoms with Crippen molar-refractivity contribution in [2.24, 2.45) is 0 Å². The van der Waals surface area contributed by atoms with Gasteiger partial charge in [-0.15, -0.1) is 10.2 Å². The van der Waals surface area contributed by atoms with Gasteiger partial charge in [-0.3, -0.25) is 4.68 Å². The second-order valence-electron chi connectivity index (χ2n) is 5.99. The first-order valence-corrected chi connectivity index (χ1v) is 8.00. The van der Waals surface area contributed by atoms with Crippen LogP contribution in [-0.4, -0.2) is 26.5 Å². The van der Waals surface area contributed by atoms with E-state index < -0.39 is 0 Å². The second-order valence-corrected chi connectivity index (χ2v) is 5.99. The van der Waals surface area contributed by atoms with Crippen LogP contribution in [-0.2, 0) is 6.54 Å². The molecule has 0 saturated heterocycles. The summed E-state index contributed by atoms with van der Waals surface area (Å²) in [6.45, 7) is 7.66. The van der Waals surface area contributed by atoms with Crippen LogP contribution in [0.3, 0.4) is 0 Å². The number of benzene rings is 1. The van der Waals surface area contributed by atoms with Crippen molar-refractivity contribution in [2.45, 2.75) is 33.7 Å². The molecular weight excluding hydrogens is 300 g/mol. The Morgan fingerprint density at radius 1 is 1.17 bits per heavy atom. The number of anilines is 1. The number of fused-ring (bicyclic) bond motifs is 1. The smallest absolute Gasteiger partial charge is 0.186 e. The fourth-order valence-electron chi connectivity index (χ4n) is 2.82. The largest absolute Gasteiger partial charge is 0.382 e. The first kappa shape index (κ1) is 15.9. The molecule has 24 heavy (non-hydrogen) atoms. The summed E-state index contributed by atoms with van der Waals surface area (Å²) >= 11 is 0. The number of rotatable bonds is 5. The summed E-state index contributed by atoms with van der Waals surface area (Å²) in [5, 5.41) is 26.2. The lowest BCUT2D eigenvalue weighted by molar-refractivity contribution is 0.574. The highest BCUT2D eigenvalue weighted by molar-refractivity contribution is 5.93. The zero-order valence-corrected chi connectivity index (χ0v) is 14.2. The van der Waals surface area contributed by atoms with E-state index in [4.69, 9.17) is 0 Å². The highest BCUT2D eigenvalue weighted by Crippen LogP contribution is 2.25. The van der Waals surface area contributed by atoms with Crippen molar-refractivity contribution >= 4 is 16.6 Å². The molecule has 0 aliphatic carbocycles. The predicted octanol–water partition coefficient (Wildman–Crippen LogP) is 3.13. The Bertz CT molecular complexity index is 919. The maximum Gasteiger partial charge on any atom is 0.186 e. The zero-order valence-electron chi connectivity index (χ0n) is 14.2. The van der Waals surface area contributed by atoms with Gasteiger partial charge in [-0.1, -0.05) is 11.6 Å². The van der Waals surface area contributed by atoms with Crippen molar-refractivity contribution < 1.29 is 0 Å². The average molecular weight is 320 g/mol. The molecule has 3 rings (SSSR count). The summed E-state index contributed by atoms with van der Waals surface area (Å²) in [6.07, 6.45) is 0.905. The summed E-state index contributed by atoms with van der Waals surface area (Å²) in [5.41, 5.74) is 5.22. The normalized spacial score (nSPS) is 10.8. The van der Waals surface area contributed by atoms with Gasteiger partial charge in [0.05, 0.1) is 16.9 Å². The quantitative estimate of drug-likeness (QED) is 0.731. The van der Waals surface area contributed by atoms with E-state index in [1.54, 1.807) is 0 Å². The molecule has 0 unspecified atom stereocenters. The van der Waals surface area contributed by atoms with E-state index >= 15 is 0 Å². The number of nitriles is 1. The molecule has 3 aromatic rings. The number of nitrogens with zero attached hydrogens (tertiary/aromatic N) is 5. The number of nitrogens with one attached hydrogen (secondary N) is 1. The SMILES string of the molecule is Cc1ccc2nnc(C#N)c(NCCCn3nc(C)cc3C)c2c1. The van der Waals surface area contributed by atoms with Crippen LogP contribution in [0.1, 0.15) is 29.1 Å². The fraction of sp³-hybridized carbons (Fsp3) is 0.333. The molecule has 0 aliphatic heterocycles. The average Bonchev–Trinajstić information content (AvgIpc) is 2.89. The molecule has 6 nitrogen and oxygen atoms in total. The first-order chi connectivity index (χ1) is 11.6. The third kappa shape index (κ3) is 3.20. The van der Waals surface area contributed by atoms with E-state index in [0.29, 0.717) is 5.69 Å². The molecule has 2 aromatic heterocycles. The topological polar surface area (TPSA) is 79.4 Å². The van der Waals surface area contributed by atoms with Gasteiger partial charge in [0.2, 0.25) is 0 Å². The zero-order chi connectivity index (χ0) is 17.1. The fourth-order valence-corrected chi connectivity index (χ4v) is 2.82. The minimum atomic E-state index is 0.333. The molecule has 6 heteroatoms. The molecule has 0 bridgehead atoms. The van der Waals surface area contributed by atoms with E-state index in [2.05, 4.69) is 39.7 Å². The van der Waals surface area contributed by atoms with Gasteiger partial charge in [-0.25, -0.2) is 0 Å². The number of aryl methyl sites for hydroxylation is 4. The van der Waals surface area contributed by atoms with Gasteiger partial charge < -0.3 is 5.32 Å². The lowest BCUT2D eigenvalue weighted by Gasteiger charge is -2.11. The highest BCUT2D eigenvalue weighted by atomic mass is 15.3. The minimum absolute atomic E-state index is 0.333. The maximum absolute atomic E-state index is 9.31. The molecule has 0 fully saturated rings. The van der Waals surface area contributed by atoms with Gasteiger partial charge in [-0.2, -0.15) is 10.4 Å². The van der Waals surface area contributed by atoms with Gasteiger partial charge in [0.1, 0.15) is 6.07 Å². The standard InChI is InChI=1S/C18H20N6/c1-12-5-6-16-15(9-12)18(17(11-19)22-21-16)20-7-4-8-24-14(3)10-13(2)23-24/h5-6,9-10H,4,7-8H2,1-3H3,(H,20,21). The van der Waals surface area contributed by atoms with Crippen molar-refractivity contribution in [3.63, 3.8) is 0 Å². The second kappa shape index (κ2) is 6.67. The number of hydrogen-bond donors (Lipinski definition) is 1. The van der Waals surface area contributed by atoms with Gasteiger partial charge in [-0.05, 0) is 45.4 Å². The van der Waals surface area contributed by atoms with Gasteiger partial charge in [0.25, 0.3) is 0 Å². The molecule has 1 N–H and O–H groups in total. The van der Waals surface area contributed by atoms with E-state index in [1.165, 1.54) is 0 Å². The van der Waals surface area contributed by atoms with E-state index in [9.17, 15) is 5.26 Å². The Morgan fingerprint density at radius 2 is 2.00 bits per heavy atom. The Balaban J connectivity index is 1.76. The third-order valence-corrected chi connectivity index (χ3v) is 3.97. The summed E-state index contributed by atoms with van der Waals surface area (Å²) in [4.78, 5) is 0. The summed E-state index contributed by atoms with van der Waals surface area (Å²) in [6, 6.07) is 10.2. The van der Waals surface area contributed by atoms with E-state index in [1.807, 2.05) is 36.7 Å². The van der Waals surface area contributed by atoms with Crippen molar-refractivity contribution in [2.75, 3.05) is 11.9 Å². The van der Waals surface area contributed by atoms with Crippen molar-refractivity contribution in [3.05, 3.63) is 46.9 Å². The first-order valence-electron chi connectivity index (χ1n) is 8.00. The predicted molar refractivity (Wildman–Crippen MR) is 93.8 cm³/mol. The molecular formula is C18H20N6. The van der Waals surface area contributed by atoms with Gasteiger partial charge in [0, 0.05) is 24.2 Å². The summed E-state index contributed by atoms with van der Waals surface area (Å²) in [5.74, 6) is 0. The molecule has 0 radical (unpaired) electrons. The molecule has 1 aromatic carbocycles. The van der Waals surface area contributed by atoms with Crippen LogP contribution in [0.4, 0.5) is 5.69 Å². The Kier molecular flexibility index (Phi) is 4.43. The third-order valence-electron chi connectivity index (χ3n) is 3.97. The highest BCUT2D eigenvalue weighted by Gasteiger charge is 2.10. The van der Waals surface area contributed by atoms with Crippen molar-refractivity contribution in [1.82, 2.24) is 20.0 Å². The lowest BCUT2D eigenvalue weighted by atomic mass is 10.1. The minimum Gasteiger partial charge on any atom is -0.382 e. The van der Waals surface area contributed by atoms with Crippen LogP contribution in [0.5, 0.6) is 0 Å². The van der Waals surface area contributed by atoms with Crippen LogP contribution in [0, 0.1) is 32.1 Å². The van der Waals surface area contributed by atoms with E-state index in [-0.39, 0.29) is 0 Å². The van der Waals surface area contributed by atoms with Crippen LogP contribution < -0.4 is 5.32 Å². The Morgan fingerprint density at radius 3 is 2.71 bits per heavy atom. The van der Waals surface area contributed by atoms with Gasteiger partial charge >= 0.3 is 0 Å². The van der Waals surface area contributed by atoms with Crippen LogP contribution in [0.15, 0.2) is 24.3 Å². The lowest BCUT2D eigenvalue weighted by Crippen LogP contribution is -2.10. The molecule has 2 heterocycles. The summed E-state index contributed by atoms with van der Waals surface area (Å²) in [7, 11) is 0. The van der Waals surface area contributed by atoms with Crippen molar-refractivity contribution in [3.8, 4) is 6.07 Å². The number of hydrogen-bond acceptors (Lipinski definition) is 5. The molecule has 0 aliphatic rings. The molecule has 0 amide bonds. The van der Waals surface area contributed by atoms with E-state index in [0.717, 1.165) is 53.1 Å². The number of aromatic nitrogens is 4. The van der Waals surface area contributed by atoms with Crippen LogP contribution >= 0.6 is 0 Å². The monoisotopic (exact) mass is 320 g/mol. The summed E-state index contributed by atoms with van der Waals surface area (Å²) < 4.78 is 2.01. The van der Waals surface area contributed by atoms with Crippen LogP contribution in [0.2, 0.25) is 0 Å². The van der Waals surface area contributed by atoms with Crippen LogP contribution in [0.25, 0.3) is 10.9 Å². The maximum atomic E-state index is 9.31.